The molecule has 0 fully saturated rings. The van der Waals surface area contributed by atoms with Gasteiger partial charge in [-0.15, -0.1) is 0 Å². The molecule has 2 aromatic heterocycles. The number of urea groups is 1. The van der Waals surface area contributed by atoms with Crippen LogP contribution in [-0.4, -0.2) is 27.3 Å². The van der Waals surface area contributed by atoms with Gasteiger partial charge in [0.1, 0.15) is 11.9 Å². The van der Waals surface area contributed by atoms with Crippen LogP contribution in [-0.2, 0) is 0 Å². The van der Waals surface area contributed by atoms with Gasteiger partial charge in [0.15, 0.2) is 5.82 Å². The van der Waals surface area contributed by atoms with Crippen molar-refractivity contribution < 1.29 is 18.8 Å². The van der Waals surface area contributed by atoms with Crippen LogP contribution in [0, 0.1) is 6.92 Å². The standard InChI is InChI=1S/C15H22N4O4/c1-4-11(14-17-10(3)23-19-14)18-15(21)16-9(2)8-12(20)13-6-5-7-22-13/h5-7,9,11-12,20H,4,8H2,1-3H3,(H2,16,18,21)/t9-,11-,12-/m0/s1. The number of aliphatic hydroxyl groups excluding tert-OH is 1. The van der Waals surface area contributed by atoms with Crippen LogP contribution in [0.1, 0.15) is 56.3 Å². The van der Waals surface area contributed by atoms with Crippen molar-refractivity contribution in [3.63, 3.8) is 0 Å². The highest BCUT2D eigenvalue weighted by molar-refractivity contribution is 5.74. The van der Waals surface area contributed by atoms with Gasteiger partial charge in [-0.1, -0.05) is 12.1 Å². The summed E-state index contributed by atoms with van der Waals surface area (Å²) in [6.07, 6.45) is 1.72. The number of furan rings is 1. The van der Waals surface area contributed by atoms with E-state index in [1.807, 2.05) is 13.8 Å². The minimum Gasteiger partial charge on any atom is -0.467 e. The van der Waals surface area contributed by atoms with Crippen molar-refractivity contribution in [2.75, 3.05) is 0 Å². The zero-order valence-corrected chi connectivity index (χ0v) is 13.4. The Kier molecular flexibility index (Phi) is 5.75. The number of carbonyl (C=O) groups excluding carboxylic acids is 1. The maximum absolute atomic E-state index is 12.1. The number of nitrogens with one attached hydrogen (secondary N) is 2. The van der Waals surface area contributed by atoms with E-state index in [1.165, 1.54) is 6.26 Å². The van der Waals surface area contributed by atoms with Gasteiger partial charge in [0.25, 0.3) is 0 Å². The highest BCUT2D eigenvalue weighted by Gasteiger charge is 2.20. The van der Waals surface area contributed by atoms with Crippen LogP contribution in [0.5, 0.6) is 0 Å². The summed E-state index contributed by atoms with van der Waals surface area (Å²) in [5, 5.41) is 19.4. The maximum Gasteiger partial charge on any atom is 0.315 e. The molecule has 0 bridgehead atoms. The Hall–Kier alpha value is -2.35. The molecular weight excluding hydrogens is 300 g/mol. The van der Waals surface area contributed by atoms with Crippen molar-refractivity contribution in [1.82, 2.24) is 20.8 Å². The zero-order valence-electron chi connectivity index (χ0n) is 13.4. The van der Waals surface area contributed by atoms with Crippen molar-refractivity contribution in [2.24, 2.45) is 0 Å². The van der Waals surface area contributed by atoms with Crippen LogP contribution in [0.4, 0.5) is 4.79 Å². The van der Waals surface area contributed by atoms with Gasteiger partial charge >= 0.3 is 6.03 Å². The summed E-state index contributed by atoms with van der Waals surface area (Å²) in [6.45, 7) is 5.42. The predicted molar refractivity (Wildman–Crippen MR) is 81.5 cm³/mol. The molecule has 126 valence electrons. The second-order valence-electron chi connectivity index (χ2n) is 5.42. The number of rotatable bonds is 7. The van der Waals surface area contributed by atoms with Crippen LogP contribution in [0.2, 0.25) is 0 Å². The minimum absolute atomic E-state index is 0.236. The largest absolute Gasteiger partial charge is 0.467 e. The number of aryl methyl sites for hydroxylation is 1. The van der Waals surface area contributed by atoms with Gasteiger partial charge in [0.2, 0.25) is 5.89 Å². The van der Waals surface area contributed by atoms with Crippen molar-refractivity contribution >= 4 is 6.03 Å². The Bertz CT molecular complexity index is 611. The van der Waals surface area contributed by atoms with Gasteiger partial charge < -0.3 is 24.7 Å². The monoisotopic (exact) mass is 322 g/mol. The molecule has 23 heavy (non-hydrogen) atoms. The molecule has 0 unspecified atom stereocenters. The molecule has 2 rings (SSSR count). The molecule has 8 nitrogen and oxygen atoms in total. The van der Waals surface area contributed by atoms with Crippen LogP contribution >= 0.6 is 0 Å². The van der Waals surface area contributed by atoms with Crippen LogP contribution in [0.3, 0.4) is 0 Å². The molecule has 0 radical (unpaired) electrons. The Labute approximate surface area is 134 Å². The van der Waals surface area contributed by atoms with Gasteiger partial charge in [0, 0.05) is 19.4 Å². The molecule has 0 saturated carbocycles. The fourth-order valence-corrected chi connectivity index (χ4v) is 2.22. The molecule has 0 aromatic carbocycles. The third-order valence-corrected chi connectivity index (χ3v) is 3.39. The van der Waals surface area contributed by atoms with E-state index >= 15 is 0 Å². The van der Waals surface area contributed by atoms with Gasteiger partial charge in [-0.3, -0.25) is 0 Å². The summed E-state index contributed by atoms with van der Waals surface area (Å²) in [6, 6.07) is 2.50. The molecule has 2 amide bonds. The third-order valence-electron chi connectivity index (χ3n) is 3.39. The van der Waals surface area contributed by atoms with E-state index in [-0.39, 0.29) is 18.1 Å². The summed E-state index contributed by atoms with van der Waals surface area (Å²) in [4.78, 5) is 16.2. The van der Waals surface area contributed by atoms with Crippen molar-refractivity contribution in [3.05, 3.63) is 35.9 Å². The molecule has 3 N–H and O–H groups in total. The van der Waals surface area contributed by atoms with Crippen molar-refractivity contribution in [1.29, 1.82) is 0 Å². The molecule has 0 aliphatic rings. The molecule has 2 aromatic rings. The van der Waals surface area contributed by atoms with Crippen molar-refractivity contribution in [3.8, 4) is 0 Å². The highest BCUT2D eigenvalue weighted by Crippen LogP contribution is 2.18. The second kappa shape index (κ2) is 7.77. The van der Waals surface area contributed by atoms with E-state index < -0.39 is 6.10 Å². The van der Waals surface area contributed by atoms with Crippen LogP contribution < -0.4 is 10.6 Å². The molecule has 0 saturated heterocycles. The number of aromatic nitrogens is 2. The lowest BCUT2D eigenvalue weighted by Gasteiger charge is -2.19. The number of carbonyl (C=O) groups is 1. The average molecular weight is 322 g/mol. The summed E-state index contributed by atoms with van der Waals surface area (Å²) in [5.41, 5.74) is 0. The third kappa shape index (κ3) is 4.82. The summed E-state index contributed by atoms with van der Waals surface area (Å²) >= 11 is 0. The first-order valence-corrected chi connectivity index (χ1v) is 7.58. The fourth-order valence-electron chi connectivity index (χ4n) is 2.22. The Morgan fingerprint density at radius 3 is 2.78 bits per heavy atom. The fraction of sp³-hybridized carbons (Fsp3) is 0.533. The van der Waals surface area contributed by atoms with E-state index in [9.17, 15) is 9.90 Å². The smallest absolute Gasteiger partial charge is 0.315 e. The lowest BCUT2D eigenvalue weighted by atomic mass is 10.1. The highest BCUT2D eigenvalue weighted by atomic mass is 16.5. The lowest BCUT2D eigenvalue weighted by Crippen LogP contribution is -2.43. The molecule has 2 heterocycles. The SMILES string of the molecule is CC[C@H](NC(=O)N[C@@H](C)C[C@H](O)c1ccco1)c1noc(C)n1. The summed E-state index contributed by atoms with van der Waals surface area (Å²) in [7, 11) is 0. The molecule has 3 atom stereocenters. The first-order chi connectivity index (χ1) is 11.0. The van der Waals surface area contributed by atoms with Gasteiger partial charge in [-0.05, 0) is 25.5 Å². The van der Waals surface area contributed by atoms with Crippen LogP contribution in [0.25, 0.3) is 0 Å². The second-order valence-corrected chi connectivity index (χ2v) is 5.42. The van der Waals surface area contributed by atoms with E-state index in [0.717, 1.165) is 0 Å². The molecule has 0 aliphatic heterocycles. The van der Waals surface area contributed by atoms with E-state index in [0.29, 0.717) is 30.3 Å². The maximum atomic E-state index is 12.1. The molecular formula is C15H22N4O4. The quantitative estimate of drug-likeness (QED) is 0.720. The predicted octanol–water partition coefficient (Wildman–Crippen LogP) is 2.23. The first kappa shape index (κ1) is 17.0. The number of amides is 2. The first-order valence-electron chi connectivity index (χ1n) is 7.58. The minimum atomic E-state index is -0.762. The number of aliphatic hydroxyl groups is 1. The normalized spacial score (nSPS) is 15.0. The summed E-state index contributed by atoms with van der Waals surface area (Å²) in [5.74, 6) is 1.38. The number of hydrogen-bond acceptors (Lipinski definition) is 6. The van der Waals surface area contributed by atoms with Crippen molar-refractivity contribution in [2.45, 2.75) is 51.8 Å². The van der Waals surface area contributed by atoms with E-state index in [2.05, 4.69) is 20.8 Å². The van der Waals surface area contributed by atoms with Gasteiger partial charge in [0.05, 0.1) is 12.3 Å². The van der Waals surface area contributed by atoms with E-state index in [1.54, 1.807) is 19.1 Å². The Morgan fingerprint density at radius 1 is 1.43 bits per heavy atom. The van der Waals surface area contributed by atoms with Crippen LogP contribution in [0.15, 0.2) is 27.3 Å². The Morgan fingerprint density at radius 2 is 2.22 bits per heavy atom. The molecule has 0 spiro atoms. The number of hydrogen-bond donors (Lipinski definition) is 3. The van der Waals surface area contributed by atoms with E-state index in [4.69, 9.17) is 8.94 Å². The average Bonchev–Trinajstić information content (AvgIpc) is 3.15. The Balaban J connectivity index is 1.83. The van der Waals surface area contributed by atoms with Gasteiger partial charge in [-0.25, -0.2) is 4.79 Å². The topological polar surface area (TPSA) is 113 Å². The zero-order chi connectivity index (χ0) is 16.8. The molecule has 8 heteroatoms. The summed E-state index contributed by atoms with van der Waals surface area (Å²) < 4.78 is 10.1. The number of nitrogens with zero attached hydrogens (tertiary/aromatic N) is 2. The molecule has 0 aliphatic carbocycles. The lowest BCUT2D eigenvalue weighted by molar-refractivity contribution is 0.129. The van der Waals surface area contributed by atoms with Gasteiger partial charge in [-0.2, -0.15) is 4.98 Å².